The van der Waals surface area contributed by atoms with Crippen molar-refractivity contribution in [2.24, 2.45) is 0 Å². The van der Waals surface area contributed by atoms with Gasteiger partial charge in [0.15, 0.2) is 0 Å². The molecule has 0 fully saturated rings. The molecule has 1 unspecified atom stereocenters. The van der Waals surface area contributed by atoms with E-state index in [9.17, 15) is 9.50 Å². The van der Waals surface area contributed by atoms with E-state index in [1.54, 1.807) is 13.0 Å². The quantitative estimate of drug-likeness (QED) is 0.768. The Balaban J connectivity index is 2.31. The number of benzene rings is 1. The molecule has 0 aromatic heterocycles. The van der Waals surface area contributed by atoms with Gasteiger partial charge in [0.1, 0.15) is 5.82 Å². The van der Waals surface area contributed by atoms with Crippen LogP contribution in [0.3, 0.4) is 0 Å². The van der Waals surface area contributed by atoms with Gasteiger partial charge in [0.05, 0.1) is 6.10 Å². The van der Waals surface area contributed by atoms with Gasteiger partial charge in [0.25, 0.3) is 0 Å². The second-order valence-electron chi connectivity index (χ2n) is 4.47. The van der Waals surface area contributed by atoms with Crippen LogP contribution in [0.15, 0.2) is 24.3 Å². The first kappa shape index (κ1) is 11.3. The number of aryl methyl sites for hydroxylation is 1. The first-order valence-electron chi connectivity index (χ1n) is 5.82. The van der Waals surface area contributed by atoms with Gasteiger partial charge in [-0.1, -0.05) is 18.6 Å². The molecule has 1 aromatic rings. The van der Waals surface area contributed by atoms with Crippen molar-refractivity contribution in [3.63, 3.8) is 0 Å². The van der Waals surface area contributed by atoms with Crippen LogP contribution in [-0.2, 0) is 0 Å². The Kier molecular flexibility index (Phi) is 3.39. The molecule has 0 saturated carbocycles. The lowest BCUT2D eigenvalue weighted by molar-refractivity contribution is 0.211. The number of rotatable bonds is 1. The molecule has 1 aromatic carbocycles. The number of hydrogen-bond acceptors (Lipinski definition) is 1. The Morgan fingerprint density at radius 2 is 2.12 bits per heavy atom. The van der Waals surface area contributed by atoms with E-state index >= 15 is 0 Å². The first-order valence-corrected chi connectivity index (χ1v) is 5.82. The molecule has 0 aliphatic heterocycles. The van der Waals surface area contributed by atoms with Crippen LogP contribution in [-0.4, -0.2) is 11.2 Å². The number of aliphatic hydroxyl groups is 1. The summed E-state index contributed by atoms with van der Waals surface area (Å²) in [7, 11) is 0. The van der Waals surface area contributed by atoms with Gasteiger partial charge >= 0.3 is 0 Å². The summed E-state index contributed by atoms with van der Waals surface area (Å²) in [4.78, 5) is 0. The standard InChI is InChI=1S/C14H17FO/c1-10-8-12(6-7-14(10)15)11-4-2-3-5-13(16)9-11/h6-9,13,16H,2-5H2,1H3. The number of aliphatic hydroxyl groups excluding tert-OH is 1. The Morgan fingerprint density at radius 1 is 1.31 bits per heavy atom. The molecule has 1 N–H and O–H groups in total. The molecular formula is C14H17FO. The molecule has 0 heterocycles. The first-order chi connectivity index (χ1) is 7.66. The van der Waals surface area contributed by atoms with Crippen molar-refractivity contribution in [3.05, 3.63) is 41.2 Å². The molecule has 1 nitrogen and oxygen atoms in total. The third-order valence-corrected chi connectivity index (χ3v) is 3.12. The zero-order valence-corrected chi connectivity index (χ0v) is 9.54. The predicted octanol–water partition coefficient (Wildman–Crippen LogP) is 3.45. The predicted molar refractivity (Wildman–Crippen MR) is 63.6 cm³/mol. The Bertz CT molecular complexity index is 409. The maximum atomic E-state index is 13.2. The Labute approximate surface area is 95.6 Å². The highest BCUT2D eigenvalue weighted by atomic mass is 19.1. The average Bonchev–Trinajstić information content (AvgIpc) is 2.47. The largest absolute Gasteiger partial charge is 0.389 e. The molecule has 1 atom stereocenters. The van der Waals surface area contributed by atoms with Crippen molar-refractivity contribution in [2.45, 2.75) is 38.7 Å². The maximum absolute atomic E-state index is 13.2. The van der Waals surface area contributed by atoms with E-state index in [0.717, 1.165) is 36.8 Å². The van der Waals surface area contributed by atoms with Crippen LogP contribution in [0, 0.1) is 12.7 Å². The summed E-state index contributed by atoms with van der Waals surface area (Å²) >= 11 is 0. The minimum atomic E-state index is -0.345. The van der Waals surface area contributed by atoms with Gasteiger partial charge < -0.3 is 5.11 Å². The SMILES string of the molecule is Cc1cc(C2=CC(O)CCCC2)ccc1F. The molecule has 0 spiro atoms. The van der Waals surface area contributed by atoms with Crippen LogP contribution in [0.4, 0.5) is 4.39 Å². The van der Waals surface area contributed by atoms with E-state index in [0.29, 0.717) is 5.56 Å². The van der Waals surface area contributed by atoms with Crippen molar-refractivity contribution in [2.75, 3.05) is 0 Å². The van der Waals surface area contributed by atoms with Crippen molar-refractivity contribution < 1.29 is 9.50 Å². The van der Waals surface area contributed by atoms with E-state index in [-0.39, 0.29) is 11.9 Å². The highest BCUT2D eigenvalue weighted by Gasteiger charge is 2.11. The second-order valence-corrected chi connectivity index (χ2v) is 4.47. The van der Waals surface area contributed by atoms with Crippen LogP contribution in [0.25, 0.3) is 5.57 Å². The van der Waals surface area contributed by atoms with E-state index < -0.39 is 0 Å². The monoisotopic (exact) mass is 220 g/mol. The highest BCUT2D eigenvalue weighted by molar-refractivity contribution is 5.66. The maximum Gasteiger partial charge on any atom is 0.126 e. The van der Waals surface area contributed by atoms with Crippen LogP contribution < -0.4 is 0 Å². The third kappa shape index (κ3) is 2.50. The lowest BCUT2D eigenvalue weighted by Crippen LogP contribution is -2.00. The Hall–Kier alpha value is -1.15. The van der Waals surface area contributed by atoms with Crippen molar-refractivity contribution in [1.82, 2.24) is 0 Å². The molecule has 86 valence electrons. The minimum Gasteiger partial charge on any atom is -0.389 e. The molecular weight excluding hydrogens is 203 g/mol. The van der Waals surface area contributed by atoms with Crippen molar-refractivity contribution in [1.29, 1.82) is 0 Å². The van der Waals surface area contributed by atoms with Gasteiger partial charge in [-0.05, 0) is 55.0 Å². The summed E-state index contributed by atoms with van der Waals surface area (Å²) in [5.41, 5.74) is 2.85. The fourth-order valence-corrected chi connectivity index (χ4v) is 2.15. The zero-order chi connectivity index (χ0) is 11.5. The lowest BCUT2D eigenvalue weighted by Gasteiger charge is -2.08. The number of hydrogen-bond donors (Lipinski definition) is 1. The van der Waals surface area contributed by atoms with Crippen LogP contribution >= 0.6 is 0 Å². The molecule has 0 bridgehead atoms. The number of allylic oxidation sites excluding steroid dienone is 1. The van der Waals surface area contributed by atoms with Gasteiger partial charge in [-0.2, -0.15) is 0 Å². The molecule has 0 saturated heterocycles. The average molecular weight is 220 g/mol. The smallest absolute Gasteiger partial charge is 0.126 e. The molecule has 1 aliphatic carbocycles. The highest BCUT2D eigenvalue weighted by Crippen LogP contribution is 2.27. The summed E-state index contributed by atoms with van der Waals surface area (Å²) in [6.45, 7) is 1.77. The fraction of sp³-hybridized carbons (Fsp3) is 0.429. The van der Waals surface area contributed by atoms with Gasteiger partial charge in [-0.3, -0.25) is 0 Å². The number of halogens is 1. The zero-order valence-electron chi connectivity index (χ0n) is 9.54. The van der Waals surface area contributed by atoms with Crippen molar-refractivity contribution >= 4 is 5.57 Å². The van der Waals surface area contributed by atoms with Gasteiger partial charge in [0, 0.05) is 0 Å². The van der Waals surface area contributed by atoms with E-state index in [2.05, 4.69) is 0 Å². The molecule has 0 amide bonds. The molecule has 0 radical (unpaired) electrons. The Morgan fingerprint density at radius 3 is 2.88 bits per heavy atom. The van der Waals surface area contributed by atoms with E-state index in [1.165, 1.54) is 6.07 Å². The van der Waals surface area contributed by atoms with Crippen LogP contribution in [0.2, 0.25) is 0 Å². The topological polar surface area (TPSA) is 20.2 Å². The summed E-state index contributed by atoms with van der Waals surface area (Å²) in [5.74, 6) is -0.168. The van der Waals surface area contributed by atoms with Crippen LogP contribution in [0.5, 0.6) is 0 Å². The van der Waals surface area contributed by atoms with E-state index in [1.807, 2.05) is 12.1 Å². The molecule has 1 aliphatic rings. The summed E-state index contributed by atoms with van der Waals surface area (Å²) in [5, 5.41) is 9.69. The summed E-state index contributed by atoms with van der Waals surface area (Å²) in [6, 6.07) is 5.16. The minimum absolute atomic E-state index is 0.168. The summed E-state index contributed by atoms with van der Waals surface area (Å²) in [6.07, 6.45) is 5.54. The lowest BCUT2D eigenvalue weighted by atomic mass is 9.99. The van der Waals surface area contributed by atoms with E-state index in [4.69, 9.17) is 0 Å². The molecule has 16 heavy (non-hydrogen) atoms. The molecule has 2 heteroatoms. The summed E-state index contributed by atoms with van der Waals surface area (Å²) < 4.78 is 13.2. The van der Waals surface area contributed by atoms with Gasteiger partial charge in [-0.15, -0.1) is 0 Å². The fourth-order valence-electron chi connectivity index (χ4n) is 2.15. The second kappa shape index (κ2) is 4.79. The molecule has 2 rings (SSSR count). The van der Waals surface area contributed by atoms with Crippen molar-refractivity contribution in [3.8, 4) is 0 Å². The van der Waals surface area contributed by atoms with Crippen LogP contribution in [0.1, 0.15) is 36.8 Å². The normalized spacial score (nSPS) is 21.4. The van der Waals surface area contributed by atoms with Gasteiger partial charge in [0.2, 0.25) is 0 Å². The third-order valence-electron chi connectivity index (χ3n) is 3.12. The van der Waals surface area contributed by atoms with Gasteiger partial charge in [-0.25, -0.2) is 4.39 Å².